The average Bonchev–Trinajstić information content (AvgIpc) is 2.50. The van der Waals surface area contributed by atoms with Gasteiger partial charge in [-0.15, -0.1) is 11.8 Å². The minimum atomic E-state index is -0.398. The Labute approximate surface area is 144 Å². The molecule has 2 N–H and O–H groups in total. The highest BCUT2D eigenvalue weighted by atomic mass is 35.5. The fraction of sp³-hybridized carbons (Fsp3) is 0.235. The molecular weight excluding hydrogens is 334 g/mol. The zero-order valence-electron chi connectivity index (χ0n) is 12.9. The van der Waals surface area contributed by atoms with Gasteiger partial charge in [-0.05, 0) is 62.4 Å². The first-order valence-electron chi connectivity index (χ1n) is 7.03. The Bertz CT molecular complexity index is 657. The van der Waals surface area contributed by atoms with Gasteiger partial charge in [0.2, 0.25) is 5.91 Å². The lowest BCUT2D eigenvalue weighted by molar-refractivity contribution is -0.129. The molecule has 4 nitrogen and oxygen atoms in total. The third-order valence-corrected chi connectivity index (χ3v) is 4.43. The van der Waals surface area contributed by atoms with E-state index in [0.717, 1.165) is 16.4 Å². The van der Waals surface area contributed by atoms with Crippen molar-refractivity contribution >= 4 is 29.3 Å². The molecule has 0 aliphatic carbocycles. The molecule has 0 aliphatic rings. The zero-order valence-corrected chi connectivity index (χ0v) is 14.4. The van der Waals surface area contributed by atoms with E-state index in [1.165, 1.54) is 0 Å². The molecule has 0 saturated heterocycles. The number of nitrogens with one attached hydrogen (secondary N) is 1. The van der Waals surface area contributed by atoms with Gasteiger partial charge in [-0.1, -0.05) is 11.6 Å². The van der Waals surface area contributed by atoms with Crippen LogP contribution < -0.4 is 10.2 Å². The Morgan fingerprint density at radius 2 is 1.65 bits per heavy atom. The summed E-state index contributed by atoms with van der Waals surface area (Å²) in [6, 6.07) is 14.8. The van der Waals surface area contributed by atoms with Crippen LogP contribution in [0.4, 0.5) is 0 Å². The van der Waals surface area contributed by atoms with E-state index in [9.17, 15) is 4.79 Å². The molecule has 2 aromatic carbocycles. The maximum Gasteiger partial charge on any atom is 0.244 e. The number of ether oxygens (including phenoxy) is 1. The molecule has 6 heteroatoms. The smallest absolute Gasteiger partial charge is 0.244 e. The molecule has 2 aromatic rings. The Morgan fingerprint density at radius 3 is 2.17 bits per heavy atom. The minimum Gasteiger partial charge on any atom is -0.457 e. The van der Waals surface area contributed by atoms with Crippen molar-refractivity contribution < 1.29 is 14.7 Å². The number of carbonyl (C=O) groups is 1. The van der Waals surface area contributed by atoms with E-state index in [1.54, 1.807) is 29.4 Å². The summed E-state index contributed by atoms with van der Waals surface area (Å²) in [4.78, 5) is 12.3. The summed E-state index contributed by atoms with van der Waals surface area (Å²) in [5.41, 5.74) is 1.67. The van der Waals surface area contributed by atoms with Crippen LogP contribution in [-0.4, -0.2) is 15.9 Å². The fourth-order valence-electron chi connectivity index (χ4n) is 2.00. The van der Waals surface area contributed by atoms with Gasteiger partial charge in [0.25, 0.3) is 0 Å². The van der Waals surface area contributed by atoms with E-state index in [4.69, 9.17) is 21.5 Å². The lowest BCUT2D eigenvalue weighted by Gasteiger charge is -2.22. The average molecular weight is 352 g/mol. The monoisotopic (exact) mass is 351 g/mol. The van der Waals surface area contributed by atoms with Crippen molar-refractivity contribution in [1.82, 2.24) is 5.48 Å². The van der Waals surface area contributed by atoms with Gasteiger partial charge in [0.05, 0.1) is 0 Å². The van der Waals surface area contributed by atoms with Crippen LogP contribution in [0.3, 0.4) is 0 Å². The summed E-state index contributed by atoms with van der Waals surface area (Å²) >= 11 is 7.40. The van der Waals surface area contributed by atoms with Crippen LogP contribution in [0.5, 0.6) is 11.5 Å². The summed E-state index contributed by atoms with van der Waals surface area (Å²) in [7, 11) is 0. The highest BCUT2D eigenvalue weighted by Crippen LogP contribution is 2.36. The lowest BCUT2D eigenvalue weighted by Crippen LogP contribution is -2.28. The quantitative estimate of drug-likeness (QED) is 0.441. The molecule has 1 amide bonds. The van der Waals surface area contributed by atoms with Crippen molar-refractivity contribution in [2.75, 3.05) is 0 Å². The summed E-state index contributed by atoms with van der Waals surface area (Å²) < 4.78 is 5.41. The van der Waals surface area contributed by atoms with Crippen LogP contribution in [0, 0.1) is 0 Å². The number of hydrogen-bond donors (Lipinski definition) is 2. The second-order valence-corrected chi connectivity index (χ2v) is 7.82. The van der Waals surface area contributed by atoms with Crippen LogP contribution in [0.1, 0.15) is 20.3 Å². The van der Waals surface area contributed by atoms with Gasteiger partial charge in [0.1, 0.15) is 11.5 Å². The first-order chi connectivity index (χ1) is 10.9. The van der Waals surface area contributed by atoms with E-state index in [2.05, 4.69) is 0 Å². The number of benzene rings is 2. The number of carbonyl (C=O) groups excluding carboxylic acids is 1. The summed E-state index contributed by atoms with van der Waals surface area (Å²) in [6.07, 6.45) is 0.219. The predicted molar refractivity (Wildman–Crippen MR) is 92.5 cm³/mol. The van der Waals surface area contributed by atoms with E-state index in [0.29, 0.717) is 5.02 Å². The highest BCUT2D eigenvalue weighted by Gasteiger charge is 2.23. The molecule has 23 heavy (non-hydrogen) atoms. The number of amides is 1. The molecule has 0 spiro atoms. The van der Waals surface area contributed by atoms with Crippen LogP contribution in [0.25, 0.3) is 0 Å². The molecule has 0 unspecified atom stereocenters. The van der Waals surface area contributed by atoms with Gasteiger partial charge in [0, 0.05) is 21.1 Å². The number of thioether (sulfide) groups is 1. The van der Waals surface area contributed by atoms with E-state index >= 15 is 0 Å². The molecule has 0 aromatic heterocycles. The van der Waals surface area contributed by atoms with Gasteiger partial charge in [-0.2, -0.15) is 0 Å². The SMILES string of the molecule is CC(C)(CC(=O)NO)Sc1ccc(Oc2ccc(Cl)cc2)cc1. The molecular formula is C17H18ClNO3S. The second kappa shape index (κ2) is 7.73. The van der Waals surface area contributed by atoms with Crippen molar-refractivity contribution in [3.8, 4) is 11.5 Å². The summed E-state index contributed by atoms with van der Waals surface area (Å²) in [5.74, 6) is 1.04. The van der Waals surface area contributed by atoms with Crippen LogP contribution in [0.2, 0.25) is 5.02 Å². The molecule has 0 heterocycles. The first-order valence-corrected chi connectivity index (χ1v) is 8.23. The summed E-state index contributed by atoms with van der Waals surface area (Å²) in [6.45, 7) is 3.90. The topological polar surface area (TPSA) is 58.6 Å². The minimum absolute atomic E-state index is 0.219. The molecule has 0 bridgehead atoms. The number of rotatable bonds is 6. The largest absolute Gasteiger partial charge is 0.457 e. The van der Waals surface area contributed by atoms with Crippen molar-refractivity contribution in [1.29, 1.82) is 0 Å². The molecule has 122 valence electrons. The van der Waals surface area contributed by atoms with Crippen molar-refractivity contribution in [3.63, 3.8) is 0 Å². The Balaban J connectivity index is 1.99. The standard InChI is InChI=1S/C17H18ClNO3S/c1-17(2,11-16(20)19-21)23-15-9-7-14(8-10-15)22-13-5-3-12(18)4-6-13/h3-10,21H,11H2,1-2H3,(H,19,20). The third-order valence-electron chi connectivity index (χ3n) is 2.98. The maximum atomic E-state index is 11.3. The number of hydroxylamine groups is 1. The number of hydrogen-bond acceptors (Lipinski definition) is 4. The lowest BCUT2D eigenvalue weighted by atomic mass is 10.1. The first kappa shape index (κ1) is 17.7. The Hall–Kier alpha value is -1.69. The molecule has 0 atom stereocenters. The maximum absolute atomic E-state index is 11.3. The van der Waals surface area contributed by atoms with Gasteiger partial charge >= 0.3 is 0 Å². The van der Waals surface area contributed by atoms with Gasteiger partial charge in [-0.25, -0.2) is 5.48 Å². The number of halogens is 1. The molecule has 0 fully saturated rings. The van der Waals surface area contributed by atoms with Gasteiger partial charge in [0.15, 0.2) is 0 Å². The molecule has 2 rings (SSSR count). The molecule has 0 aliphatic heterocycles. The fourth-order valence-corrected chi connectivity index (χ4v) is 3.24. The van der Waals surface area contributed by atoms with Crippen molar-refractivity contribution in [2.45, 2.75) is 29.9 Å². The molecule has 0 saturated carbocycles. The third kappa shape index (κ3) is 5.78. The second-order valence-electron chi connectivity index (χ2n) is 5.60. The van der Waals surface area contributed by atoms with E-state index in [1.807, 2.05) is 50.2 Å². The zero-order chi connectivity index (χ0) is 16.9. The van der Waals surface area contributed by atoms with Crippen LogP contribution >= 0.6 is 23.4 Å². The normalized spacial score (nSPS) is 11.1. The van der Waals surface area contributed by atoms with E-state index < -0.39 is 5.91 Å². The van der Waals surface area contributed by atoms with Crippen LogP contribution in [-0.2, 0) is 4.79 Å². The Morgan fingerprint density at radius 1 is 1.13 bits per heavy atom. The van der Waals surface area contributed by atoms with E-state index in [-0.39, 0.29) is 11.2 Å². The predicted octanol–water partition coefficient (Wildman–Crippen LogP) is 4.90. The van der Waals surface area contributed by atoms with Gasteiger partial charge in [-0.3, -0.25) is 10.0 Å². The molecule has 0 radical (unpaired) electrons. The van der Waals surface area contributed by atoms with Crippen molar-refractivity contribution in [2.24, 2.45) is 0 Å². The summed E-state index contributed by atoms with van der Waals surface area (Å²) in [5, 5.41) is 9.29. The highest BCUT2D eigenvalue weighted by molar-refractivity contribution is 8.00. The Kier molecular flexibility index (Phi) is 5.93. The van der Waals surface area contributed by atoms with Crippen LogP contribution in [0.15, 0.2) is 53.4 Å². The van der Waals surface area contributed by atoms with Gasteiger partial charge < -0.3 is 4.74 Å². The van der Waals surface area contributed by atoms with Crippen molar-refractivity contribution in [3.05, 3.63) is 53.6 Å².